The quantitative estimate of drug-likeness (QED) is 0.738. The van der Waals surface area contributed by atoms with E-state index in [0.717, 1.165) is 23.8 Å². The monoisotopic (exact) mass is 377 g/mol. The van der Waals surface area contributed by atoms with Crippen molar-refractivity contribution in [3.05, 3.63) is 76.2 Å². The number of nitrogens with zero attached hydrogens (tertiary/aromatic N) is 3. The molecule has 0 saturated carbocycles. The lowest BCUT2D eigenvalue weighted by atomic mass is 9.97. The summed E-state index contributed by atoms with van der Waals surface area (Å²) in [4.78, 5) is 27.1. The Morgan fingerprint density at radius 3 is 2.82 bits per heavy atom. The molecule has 1 N–H and O–H groups in total. The van der Waals surface area contributed by atoms with Crippen LogP contribution in [0, 0.1) is 5.92 Å². The maximum absolute atomic E-state index is 12.7. The van der Waals surface area contributed by atoms with Crippen LogP contribution in [-0.4, -0.2) is 38.8 Å². The van der Waals surface area contributed by atoms with Gasteiger partial charge in [-0.25, -0.2) is 4.68 Å². The predicted octanol–water partition coefficient (Wildman–Crippen LogP) is 1.98. The highest BCUT2D eigenvalue weighted by molar-refractivity contribution is 5.81. The number of carbonyl (C=O) groups excluding carboxylic acids is 1. The Labute approximate surface area is 163 Å². The minimum absolute atomic E-state index is 0.0314. The number of amides is 1. The third-order valence-corrected chi connectivity index (χ3v) is 5.38. The minimum Gasteiger partial charge on any atom is -0.392 e. The zero-order valence-corrected chi connectivity index (χ0v) is 15.6. The zero-order valence-electron chi connectivity index (χ0n) is 15.6. The first-order chi connectivity index (χ1) is 13.6. The SMILES string of the molecule is O=C(Cn1ncc2ccccc2c1=O)N1CC[C@@H](Cc2cccc(CO)c2)C1. The van der Waals surface area contributed by atoms with E-state index in [1.807, 2.05) is 41.3 Å². The topological polar surface area (TPSA) is 75.4 Å². The van der Waals surface area contributed by atoms with E-state index >= 15 is 0 Å². The van der Waals surface area contributed by atoms with Crippen LogP contribution in [0.3, 0.4) is 0 Å². The van der Waals surface area contributed by atoms with Crippen molar-refractivity contribution in [1.29, 1.82) is 0 Å². The van der Waals surface area contributed by atoms with Crippen LogP contribution in [0.25, 0.3) is 10.8 Å². The second-order valence-electron chi connectivity index (χ2n) is 7.37. The normalized spacial score (nSPS) is 16.6. The maximum Gasteiger partial charge on any atom is 0.275 e. The Kier molecular flexibility index (Phi) is 5.21. The molecule has 2 heterocycles. The van der Waals surface area contributed by atoms with Crippen molar-refractivity contribution in [3.63, 3.8) is 0 Å². The molecule has 4 rings (SSSR count). The van der Waals surface area contributed by atoms with E-state index in [1.54, 1.807) is 12.3 Å². The van der Waals surface area contributed by atoms with Crippen LogP contribution in [0.2, 0.25) is 0 Å². The predicted molar refractivity (Wildman–Crippen MR) is 107 cm³/mol. The summed E-state index contributed by atoms with van der Waals surface area (Å²) >= 11 is 0. The Hall–Kier alpha value is -2.99. The van der Waals surface area contributed by atoms with Crippen molar-refractivity contribution >= 4 is 16.7 Å². The third-order valence-electron chi connectivity index (χ3n) is 5.38. The summed E-state index contributed by atoms with van der Waals surface area (Å²) in [6.45, 7) is 1.39. The van der Waals surface area contributed by atoms with Gasteiger partial charge in [0.05, 0.1) is 18.2 Å². The smallest absolute Gasteiger partial charge is 0.275 e. The Morgan fingerprint density at radius 2 is 1.96 bits per heavy atom. The van der Waals surface area contributed by atoms with Gasteiger partial charge in [-0.15, -0.1) is 0 Å². The van der Waals surface area contributed by atoms with E-state index in [9.17, 15) is 14.7 Å². The lowest BCUT2D eigenvalue weighted by Crippen LogP contribution is -2.36. The zero-order chi connectivity index (χ0) is 19.5. The average molecular weight is 377 g/mol. The second-order valence-corrected chi connectivity index (χ2v) is 7.37. The van der Waals surface area contributed by atoms with Crippen LogP contribution in [0.5, 0.6) is 0 Å². The fourth-order valence-electron chi connectivity index (χ4n) is 3.88. The van der Waals surface area contributed by atoms with Gasteiger partial charge in [-0.1, -0.05) is 42.5 Å². The molecule has 6 nitrogen and oxygen atoms in total. The number of fused-ring (bicyclic) bond motifs is 1. The van der Waals surface area contributed by atoms with Crippen LogP contribution >= 0.6 is 0 Å². The average Bonchev–Trinajstić information content (AvgIpc) is 3.19. The first-order valence-electron chi connectivity index (χ1n) is 9.55. The van der Waals surface area contributed by atoms with Gasteiger partial charge in [0, 0.05) is 18.5 Å². The van der Waals surface area contributed by atoms with E-state index in [1.165, 1.54) is 10.2 Å². The molecule has 0 spiro atoms. The number of aliphatic hydroxyl groups excluding tert-OH is 1. The van der Waals surface area contributed by atoms with Gasteiger partial charge in [0.25, 0.3) is 5.56 Å². The fraction of sp³-hybridized carbons (Fsp3) is 0.318. The van der Waals surface area contributed by atoms with E-state index in [2.05, 4.69) is 11.2 Å². The maximum atomic E-state index is 12.7. The molecular weight excluding hydrogens is 354 g/mol. The summed E-state index contributed by atoms with van der Waals surface area (Å²) in [5.41, 5.74) is 1.85. The number of aromatic nitrogens is 2. The summed E-state index contributed by atoms with van der Waals surface area (Å²) in [5, 5.41) is 14.8. The largest absolute Gasteiger partial charge is 0.392 e. The van der Waals surface area contributed by atoms with Gasteiger partial charge in [-0.3, -0.25) is 9.59 Å². The third kappa shape index (κ3) is 3.82. The van der Waals surface area contributed by atoms with Crippen LogP contribution in [0.4, 0.5) is 0 Å². The molecule has 0 unspecified atom stereocenters. The Bertz CT molecular complexity index is 1060. The van der Waals surface area contributed by atoms with Crippen LogP contribution in [0.15, 0.2) is 59.5 Å². The standard InChI is InChI=1S/C22H23N3O3/c26-15-18-5-3-4-16(11-18)10-17-8-9-24(13-17)21(27)14-25-22(28)20-7-2-1-6-19(20)12-23-25/h1-7,11-12,17,26H,8-10,13-15H2/t17-/m0/s1. The van der Waals surface area contributed by atoms with Gasteiger partial charge < -0.3 is 10.0 Å². The number of hydrogen-bond donors (Lipinski definition) is 1. The fourth-order valence-corrected chi connectivity index (χ4v) is 3.88. The number of likely N-dealkylation sites (tertiary alicyclic amines) is 1. The summed E-state index contributed by atoms with van der Waals surface area (Å²) in [6, 6.07) is 15.2. The van der Waals surface area contributed by atoms with Crippen LogP contribution < -0.4 is 5.56 Å². The van der Waals surface area contributed by atoms with Gasteiger partial charge in [-0.05, 0) is 36.0 Å². The molecule has 28 heavy (non-hydrogen) atoms. The number of rotatable bonds is 5. The van der Waals surface area contributed by atoms with Crippen molar-refractivity contribution in [1.82, 2.24) is 14.7 Å². The lowest BCUT2D eigenvalue weighted by molar-refractivity contribution is -0.131. The molecule has 1 aliphatic heterocycles. The van der Waals surface area contributed by atoms with Gasteiger partial charge in [-0.2, -0.15) is 5.10 Å². The molecule has 0 aliphatic carbocycles. The Balaban J connectivity index is 1.41. The highest BCUT2D eigenvalue weighted by Gasteiger charge is 2.26. The van der Waals surface area contributed by atoms with E-state index in [4.69, 9.17) is 0 Å². The molecule has 3 aromatic rings. The number of carbonyl (C=O) groups is 1. The molecule has 6 heteroatoms. The van der Waals surface area contributed by atoms with Gasteiger partial charge >= 0.3 is 0 Å². The molecule has 1 saturated heterocycles. The van der Waals surface area contributed by atoms with Gasteiger partial charge in [0.1, 0.15) is 6.54 Å². The molecule has 1 amide bonds. The van der Waals surface area contributed by atoms with Crippen LogP contribution in [-0.2, 0) is 24.4 Å². The molecule has 0 radical (unpaired) electrons. The second kappa shape index (κ2) is 7.94. The molecule has 1 aromatic heterocycles. The Morgan fingerprint density at radius 1 is 1.14 bits per heavy atom. The van der Waals surface area contributed by atoms with Crippen molar-refractivity contribution in [2.75, 3.05) is 13.1 Å². The summed E-state index contributed by atoms with van der Waals surface area (Å²) < 4.78 is 1.25. The van der Waals surface area contributed by atoms with Crippen molar-refractivity contribution in [2.24, 2.45) is 5.92 Å². The van der Waals surface area contributed by atoms with E-state index < -0.39 is 0 Å². The van der Waals surface area contributed by atoms with E-state index in [0.29, 0.717) is 24.4 Å². The van der Waals surface area contributed by atoms with E-state index in [-0.39, 0.29) is 24.6 Å². The lowest BCUT2D eigenvalue weighted by Gasteiger charge is -2.17. The molecule has 1 fully saturated rings. The molecule has 0 bridgehead atoms. The first kappa shape index (κ1) is 18.4. The molecular formula is C22H23N3O3. The molecule has 144 valence electrons. The number of hydrogen-bond acceptors (Lipinski definition) is 4. The van der Waals surface area contributed by atoms with Crippen LogP contribution in [0.1, 0.15) is 17.5 Å². The highest BCUT2D eigenvalue weighted by Crippen LogP contribution is 2.22. The summed E-state index contributed by atoms with van der Waals surface area (Å²) in [7, 11) is 0. The van der Waals surface area contributed by atoms with Crippen molar-refractivity contribution in [2.45, 2.75) is 26.0 Å². The minimum atomic E-state index is -0.233. The summed E-state index contributed by atoms with van der Waals surface area (Å²) in [6.07, 6.45) is 3.45. The van der Waals surface area contributed by atoms with Gasteiger partial charge in [0.15, 0.2) is 0 Å². The van der Waals surface area contributed by atoms with Crippen molar-refractivity contribution < 1.29 is 9.90 Å². The van der Waals surface area contributed by atoms with Gasteiger partial charge in [0.2, 0.25) is 5.91 Å². The molecule has 2 aromatic carbocycles. The number of benzene rings is 2. The van der Waals surface area contributed by atoms with Crippen molar-refractivity contribution in [3.8, 4) is 0 Å². The highest BCUT2D eigenvalue weighted by atomic mass is 16.3. The first-order valence-corrected chi connectivity index (χ1v) is 9.55. The number of aliphatic hydroxyl groups is 1. The molecule has 1 atom stereocenters. The molecule has 1 aliphatic rings. The summed E-state index contributed by atoms with van der Waals surface area (Å²) in [5.74, 6) is 0.315.